The summed E-state index contributed by atoms with van der Waals surface area (Å²) in [5.41, 5.74) is 2.48. The molecule has 1 heterocycles. The Bertz CT molecular complexity index is 1320. The Morgan fingerprint density at radius 2 is 1.57 bits per heavy atom. The van der Waals surface area contributed by atoms with Crippen LogP contribution >= 0.6 is 0 Å². The van der Waals surface area contributed by atoms with E-state index in [1.165, 1.54) is 12.1 Å². The number of alkyl halides is 3. The zero-order valence-electron chi connectivity index (χ0n) is 18.4. The van der Waals surface area contributed by atoms with Crippen molar-refractivity contribution in [2.24, 2.45) is 0 Å². The molecule has 0 spiro atoms. The Balaban J connectivity index is 1.47. The van der Waals surface area contributed by atoms with Gasteiger partial charge in [0.1, 0.15) is 0 Å². The highest BCUT2D eigenvalue weighted by molar-refractivity contribution is 6.08. The molecule has 1 aromatic heterocycles. The molecule has 1 amide bonds. The van der Waals surface area contributed by atoms with Crippen LogP contribution in [0.15, 0.2) is 103 Å². The van der Waals surface area contributed by atoms with Crippen LogP contribution < -0.4 is 5.32 Å². The third kappa shape index (κ3) is 6.02. The third-order valence-electron chi connectivity index (χ3n) is 5.34. The van der Waals surface area contributed by atoms with Gasteiger partial charge in [-0.3, -0.25) is 9.78 Å². The molecule has 0 fully saturated rings. The number of anilines is 1. The predicted octanol–water partition coefficient (Wildman–Crippen LogP) is 6.77. The number of rotatable bonds is 6. The van der Waals surface area contributed by atoms with Gasteiger partial charge in [-0.1, -0.05) is 48.5 Å². The highest BCUT2D eigenvalue weighted by atomic mass is 19.4. The van der Waals surface area contributed by atoms with Gasteiger partial charge in [0.25, 0.3) is 5.91 Å². The molecule has 0 bridgehead atoms. The predicted molar refractivity (Wildman–Crippen MR) is 130 cm³/mol. The maximum Gasteiger partial charge on any atom is 0.416 e. The lowest BCUT2D eigenvalue weighted by Crippen LogP contribution is -2.13. The molecule has 176 valence electrons. The van der Waals surface area contributed by atoms with Crippen LogP contribution in [0.4, 0.5) is 18.9 Å². The van der Waals surface area contributed by atoms with Crippen LogP contribution in [0.5, 0.6) is 0 Å². The number of aliphatic hydroxyl groups excluding tert-OH is 1. The van der Waals surface area contributed by atoms with Gasteiger partial charge in [-0.15, -0.1) is 0 Å². The Morgan fingerprint density at radius 3 is 2.23 bits per heavy atom. The molecule has 4 rings (SSSR count). The van der Waals surface area contributed by atoms with E-state index in [1.54, 1.807) is 66.9 Å². The van der Waals surface area contributed by atoms with Crippen LogP contribution in [0.25, 0.3) is 17.2 Å². The molecule has 4 aromatic rings. The number of nitrogens with one attached hydrogen (secondary N) is 1. The van der Waals surface area contributed by atoms with Crippen LogP contribution in [0.1, 0.15) is 33.3 Å². The Morgan fingerprint density at radius 1 is 0.886 bits per heavy atom. The number of hydrogen-bond acceptors (Lipinski definition) is 3. The number of nitrogens with zero attached hydrogens (tertiary/aromatic N) is 1. The largest absolute Gasteiger partial charge is 0.416 e. The summed E-state index contributed by atoms with van der Waals surface area (Å²) in [6.45, 7) is 0. The average molecular weight is 474 g/mol. The van der Waals surface area contributed by atoms with E-state index in [0.717, 1.165) is 17.8 Å². The second kappa shape index (κ2) is 10.4. The standard InChI is InChI=1S/C28H21F3N2O2/c29-28(30,31)21-12-8-19(9-13-21)24-6-1-2-7-25(24)27(35)33-23-14-10-20(11-15-23)26(34)17-16-22-5-3-4-18-32-22/h1-18,26,34H,(H,33,35)/b17-16+. The van der Waals surface area contributed by atoms with Gasteiger partial charge in [-0.05, 0) is 71.3 Å². The first-order chi connectivity index (χ1) is 16.8. The van der Waals surface area contributed by atoms with Gasteiger partial charge >= 0.3 is 6.18 Å². The number of halogens is 3. The Hall–Kier alpha value is -4.23. The minimum absolute atomic E-state index is 0.328. The fourth-order valence-electron chi connectivity index (χ4n) is 3.51. The van der Waals surface area contributed by atoms with Gasteiger partial charge in [-0.25, -0.2) is 0 Å². The van der Waals surface area contributed by atoms with Gasteiger partial charge in [0, 0.05) is 17.4 Å². The maximum absolute atomic E-state index is 13.0. The molecule has 0 saturated heterocycles. The van der Waals surface area contributed by atoms with Gasteiger partial charge < -0.3 is 10.4 Å². The second-order valence-electron chi connectivity index (χ2n) is 7.76. The van der Waals surface area contributed by atoms with Crippen molar-refractivity contribution in [3.63, 3.8) is 0 Å². The van der Waals surface area contributed by atoms with E-state index >= 15 is 0 Å². The van der Waals surface area contributed by atoms with Crippen molar-refractivity contribution in [1.29, 1.82) is 0 Å². The monoisotopic (exact) mass is 474 g/mol. The van der Waals surface area contributed by atoms with Crippen LogP contribution in [0, 0.1) is 0 Å². The second-order valence-corrected chi connectivity index (χ2v) is 7.76. The lowest BCUT2D eigenvalue weighted by atomic mass is 9.98. The number of hydrogen-bond donors (Lipinski definition) is 2. The normalized spacial score (nSPS) is 12.5. The number of carbonyl (C=O) groups excluding carboxylic acids is 1. The molecule has 2 N–H and O–H groups in total. The van der Waals surface area contributed by atoms with Crippen molar-refractivity contribution in [3.05, 3.63) is 126 Å². The number of benzene rings is 3. The summed E-state index contributed by atoms with van der Waals surface area (Å²) in [5.74, 6) is -0.399. The molecule has 0 aliphatic heterocycles. The van der Waals surface area contributed by atoms with Gasteiger partial charge in [0.2, 0.25) is 0 Å². The minimum atomic E-state index is -4.43. The van der Waals surface area contributed by atoms with Crippen LogP contribution in [0.3, 0.4) is 0 Å². The van der Waals surface area contributed by atoms with E-state index in [0.29, 0.717) is 27.9 Å². The average Bonchev–Trinajstić information content (AvgIpc) is 2.88. The highest BCUT2D eigenvalue weighted by Gasteiger charge is 2.30. The highest BCUT2D eigenvalue weighted by Crippen LogP contribution is 2.32. The lowest BCUT2D eigenvalue weighted by molar-refractivity contribution is -0.137. The summed E-state index contributed by atoms with van der Waals surface area (Å²) >= 11 is 0. The zero-order chi connectivity index (χ0) is 24.8. The molecule has 0 saturated carbocycles. The summed E-state index contributed by atoms with van der Waals surface area (Å²) in [7, 11) is 0. The summed E-state index contributed by atoms with van der Waals surface area (Å²) in [4.78, 5) is 17.1. The van der Waals surface area contributed by atoms with Crippen LogP contribution in [-0.4, -0.2) is 16.0 Å². The van der Waals surface area contributed by atoms with Crippen LogP contribution in [0.2, 0.25) is 0 Å². The van der Waals surface area contributed by atoms with Crippen molar-refractivity contribution >= 4 is 17.7 Å². The summed E-state index contributed by atoms with van der Waals surface area (Å²) in [6.07, 6.45) is -0.264. The molecule has 0 aliphatic rings. The van der Waals surface area contributed by atoms with Crippen molar-refractivity contribution in [3.8, 4) is 11.1 Å². The molecule has 1 unspecified atom stereocenters. The molecule has 35 heavy (non-hydrogen) atoms. The van der Waals surface area contributed by atoms with Gasteiger partial charge in [0.15, 0.2) is 0 Å². The quantitative estimate of drug-likeness (QED) is 0.324. The van der Waals surface area contributed by atoms with E-state index in [1.807, 2.05) is 18.2 Å². The fourth-order valence-corrected chi connectivity index (χ4v) is 3.51. The smallest absolute Gasteiger partial charge is 0.384 e. The fraction of sp³-hybridized carbons (Fsp3) is 0.0714. The van der Waals surface area contributed by atoms with Crippen LogP contribution in [-0.2, 0) is 6.18 Å². The molecule has 1 atom stereocenters. The van der Waals surface area contributed by atoms with E-state index in [9.17, 15) is 23.1 Å². The Labute approximate surface area is 200 Å². The van der Waals surface area contributed by atoms with Gasteiger partial charge in [-0.2, -0.15) is 13.2 Å². The summed E-state index contributed by atoms with van der Waals surface area (Å²) in [5, 5.41) is 13.2. The molecule has 0 aliphatic carbocycles. The third-order valence-corrected chi connectivity index (χ3v) is 5.34. The summed E-state index contributed by atoms with van der Waals surface area (Å²) < 4.78 is 38.7. The molecule has 3 aromatic carbocycles. The first kappa shape index (κ1) is 23.9. The topological polar surface area (TPSA) is 62.2 Å². The molecular formula is C28H21F3N2O2. The van der Waals surface area contributed by atoms with E-state index in [2.05, 4.69) is 10.3 Å². The van der Waals surface area contributed by atoms with E-state index in [4.69, 9.17) is 0 Å². The van der Waals surface area contributed by atoms with E-state index in [-0.39, 0.29) is 0 Å². The zero-order valence-corrected chi connectivity index (χ0v) is 18.4. The number of carbonyl (C=O) groups is 1. The number of aliphatic hydroxyl groups is 1. The van der Waals surface area contributed by atoms with Crippen molar-refractivity contribution in [2.45, 2.75) is 12.3 Å². The number of amides is 1. The minimum Gasteiger partial charge on any atom is -0.384 e. The molecule has 7 heteroatoms. The first-order valence-electron chi connectivity index (χ1n) is 10.8. The van der Waals surface area contributed by atoms with Crippen molar-refractivity contribution in [2.75, 3.05) is 5.32 Å². The molecule has 0 radical (unpaired) electrons. The maximum atomic E-state index is 13.0. The van der Waals surface area contributed by atoms with Crippen molar-refractivity contribution in [1.82, 2.24) is 4.98 Å². The SMILES string of the molecule is O=C(Nc1ccc(C(O)/C=C/c2ccccn2)cc1)c1ccccc1-c1ccc(C(F)(F)F)cc1. The van der Waals surface area contributed by atoms with E-state index < -0.39 is 23.8 Å². The van der Waals surface area contributed by atoms with Crippen molar-refractivity contribution < 1.29 is 23.1 Å². The number of pyridine rings is 1. The number of aromatic nitrogens is 1. The van der Waals surface area contributed by atoms with Gasteiger partial charge in [0.05, 0.1) is 17.4 Å². The Kier molecular flexibility index (Phi) is 7.08. The summed E-state index contributed by atoms with van der Waals surface area (Å²) in [6, 6.07) is 23.6. The molecular weight excluding hydrogens is 453 g/mol. The first-order valence-corrected chi connectivity index (χ1v) is 10.8. The lowest BCUT2D eigenvalue weighted by Gasteiger charge is -2.13. The molecule has 4 nitrogen and oxygen atoms in total.